The van der Waals surface area contributed by atoms with Gasteiger partial charge in [-0.25, -0.2) is 4.79 Å². The first-order chi connectivity index (χ1) is 20.9. The Morgan fingerprint density at radius 2 is 1.58 bits per heavy atom. The maximum atomic E-state index is 13.6. The lowest BCUT2D eigenvalue weighted by Crippen LogP contribution is -2.47. The molecule has 228 valence electrons. The summed E-state index contributed by atoms with van der Waals surface area (Å²) in [6.45, 7) is 7.31. The third-order valence-corrected chi connectivity index (χ3v) is 8.38. The van der Waals surface area contributed by atoms with Crippen molar-refractivity contribution in [1.29, 1.82) is 0 Å². The van der Waals surface area contributed by atoms with Crippen LogP contribution >= 0.6 is 23.2 Å². The molecule has 0 bridgehead atoms. The minimum Gasteiger partial charge on any atom is -0.495 e. The first kappa shape index (κ1) is 30.7. The summed E-state index contributed by atoms with van der Waals surface area (Å²) in [4.78, 5) is 33.1. The second-order valence-corrected chi connectivity index (χ2v) is 11.1. The van der Waals surface area contributed by atoms with Gasteiger partial charge in [0.2, 0.25) is 0 Å². The molecule has 0 unspecified atom stereocenters. The first-order valence-electron chi connectivity index (χ1n) is 14.3. The summed E-state index contributed by atoms with van der Waals surface area (Å²) in [7, 11) is 1.68. The van der Waals surface area contributed by atoms with E-state index >= 15 is 0 Å². The van der Waals surface area contributed by atoms with Gasteiger partial charge in [0.25, 0.3) is 5.91 Å². The van der Waals surface area contributed by atoms with Crippen molar-refractivity contribution >= 4 is 57.9 Å². The summed E-state index contributed by atoms with van der Waals surface area (Å²) < 4.78 is 11.0. The predicted molar refractivity (Wildman–Crippen MR) is 173 cm³/mol. The average Bonchev–Trinajstić information content (AvgIpc) is 3.04. The molecule has 5 rings (SSSR count). The first-order valence-corrected chi connectivity index (χ1v) is 15.1. The molecule has 0 saturated carbocycles. The Morgan fingerprint density at radius 3 is 2.33 bits per heavy atom. The third kappa shape index (κ3) is 7.83. The van der Waals surface area contributed by atoms with Gasteiger partial charge in [0, 0.05) is 63.7 Å². The number of carbonyl (C=O) groups excluding carboxylic acids is 2. The summed E-state index contributed by atoms with van der Waals surface area (Å²) in [6, 6.07) is 17.9. The van der Waals surface area contributed by atoms with Gasteiger partial charge < -0.3 is 35.2 Å². The van der Waals surface area contributed by atoms with Gasteiger partial charge >= 0.3 is 6.03 Å². The number of urea groups is 1. The number of halogens is 2. The number of methoxy groups -OCH3 is 1. The lowest BCUT2D eigenvalue weighted by Gasteiger charge is -2.38. The number of benzene rings is 3. The Morgan fingerprint density at radius 1 is 0.860 bits per heavy atom. The van der Waals surface area contributed by atoms with E-state index in [0.29, 0.717) is 54.8 Å². The minimum atomic E-state index is -0.499. The summed E-state index contributed by atoms with van der Waals surface area (Å²) in [5, 5.41) is 9.20. The number of anilines is 4. The van der Waals surface area contributed by atoms with Crippen molar-refractivity contribution in [2.45, 2.75) is 0 Å². The second kappa shape index (κ2) is 14.7. The zero-order valence-corrected chi connectivity index (χ0v) is 25.6. The van der Waals surface area contributed by atoms with E-state index in [1.165, 1.54) is 0 Å². The predicted octanol–water partition coefficient (Wildman–Crippen LogP) is 5.03. The number of hydrogen-bond acceptors (Lipinski definition) is 7. The van der Waals surface area contributed by atoms with E-state index in [9.17, 15) is 9.59 Å². The van der Waals surface area contributed by atoms with E-state index in [2.05, 4.69) is 36.7 Å². The molecule has 3 N–H and O–H groups in total. The summed E-state index contributed by atoms with van der Waals surface area (Å²) in [5.74, 6) is 0.640. The Hall–Kier alpha value is -3.70. The normalized spacial score (nSPS) is 15.6. The average molecular weight is 628 g/mol. The van der Waals surface area contributed by atoms with Gasteiger partial charge in [-0.1, -0.05) is 41.4 Å². The fourth-order valence-corrected chi connectivity index (χ4v) is 5.63. The van der Waals surface area contributed by atoms with Gasteiger partial charge in [-0.05, 0) is 42.5 Å². The Bertz CT molecular complexity index is 1430. The molecule has 0 radical (unpaired) electrons. The fraction of sp³-hybridized carbons (Fsp3) is 0.355. The highest BCUT2D eigenvalue weighted by molar-refractivity contribution is 6.44. The molecule has 43 heavy (non-hydrogen) atoms. The van der Waals surface area contributed by atoms with Gasteiger partial charge in [0.15, 0.2) is 0 Å². The molecule has 10 nitrogen and oxygen atoms in total. The molecule has 0 atom stereocenters. The molecule has 12 heteroatoms. The molecule has 3 aromatic carbocycles. The van der Waals surface area contributed by atoms with Crippen LogP contribution in [0.4, 0.5) is 27.5 Å². The Balaban J connectivity index is 1.30. The van der Waals surface area contributed by atoms with E-state index in [1.807, 2.05) is 24.3 Å². The number of nitrogens with zero attached hydrogens (tertiary/aromatic N) is 3. The van der Waals surface area contributed by atoms with E-state index in [4.69, 9.17) is 32.7 Å². The molecule has 0 aromatic heterocycles. The zero-order chi connectivity index (χ0) is 30.2. The van der Waals surface area contributed by atoms with Crippen LogP contribution in [0.3, 0.4) is 0 Å². The van der Waals surface area contributed by atoms with Crippen molar-refractivity contribution in [1.82, 2.24) is 10.2 Å². The third-order valence-electron chi connectivity index (χ3n) is 7.56. The summed E-state index contributed by atoms with van der Waals surface area (Å²) in [6.07, 6.45) is 0. The molecule has 0 aliphatic carbocycles. The molecule has 3 amide bonds. The molecular formula is C31H36Cl2N6O4. The molecule has 2 saturated heterocycles. The highest BCUT2D eigenvalue weighted by Gasteiger charge is 2.24. The van der Waals surface area contributed by atoms with Crippen LogP contribution in [0.5, 0.6) is 5.75 Å². The molecule has 2 fully saturated rings. The standard InChI is InChI=1S/C31H36Cl2N6O4/c1-42-28-8-3-2-7-27(28)39-15-13-38(14-16-39)26-10-9-22(35-31(41)36-25-6-4-5-24(32)29(25)33)21-23(26)30(40)34-11-12-37-17-19-43-20-18-37/h2-10,21H,11-20H2,1H3,(H,34,40)(H2,35,36,41). The highest BCUT2D eigenvalue weighted by atomic mass is 35.5. The van der Waals surface area contributed by atoms with Gasteiger partial charge in [-0.2, -0.15) is 0 Å². The summed E-state index contributed by atoms with van der Waals surface area (Å²) >= 11 is 12.3. The molecule has 2 aliphatic heterocycles. The quantitative estimate of drug-likeness (QED) is 0.306. The number of para-hydroxylation sites is 2. The van der Waals surface area contributed by atoms with Crippen LogP contribution in [0.15, 0.2) is 60.7 Å². The van der Waals surface area contributed by atoms with E-state index in [0.717, 1.165) is 49.8 Å². The van der Waals surface area contributed by atoms with Crippen molar-refractivity contribution < 1.29 is 19.1 Å². The van der Waals surface area contributed by atoms with Gasteiger partial charge in [0.1, 0.15) is 5.75 Å². The van der Waals surface area contributed by atoms with Crippen LogP contribution < -0.4 is 30.5 Å². The number of hydrogen-bond donors (Lipinski definition) is 3. The molecular weight excluding hydrogens is 591 g/mol. The van der Waals surface area contributed by atoms with Gasteiger partial charge in [0.05, 0.1) is 47.3 Å². The lowest BCUT2D eigenvalue weighted by molar-refractivity contribution is 0.0383. The molecule has 3 aromatic rings. The Kier molecular flexibility index (Phi) is 10.5. The van der Waals surface area contributed by atoms with Crippen LogP contribution in [0.25, 0.3) is 0 Å². The van der Waals surface area contributed by atoms with Crippen molar-refractivity contribution in [3.05, 3.63) is 76.3 Å². The van der Waals surface area contributed by atoms with E-state index in [1.54, 1.807) is 37.4 Å². The number of piperazine rings is 1. The number of amides is 3. The molecule has 2 heterocycles. The van der Waals surface area contributed by atoms with Crippen molar-refractivity contribution in [3.63, 3.8) is 0 Å². The summed E-state index contributed by atoms with van der Waals surface area (Å²) in [5.41, 5.74) is 3.22. The number of nitrogens with one attached hydrogen (secondary N) is 3. The second-order valence-electron chi connectivity index (χ2n) is 10.3. The maximum Gasteiger partial charge on any atom is 0.323 e. The topological polar surface area (TPSA) is 98.4 Å². The van der Waals surface area contributed by atoms with Gasteiger partial charge in [-0.15, -0.1) is 0 Å². The number of morpholine rings is 1. The number of rotatable bonds is 9. The van der Waals surface area contributed by atoms with Crippen LogP contribution in [0.2, 0.25) is 10.0 Å². The smallest absolute Gasteiger partial charge is 0.323 e. The SMILES string of the molecule is COc1ccccc1N1CCN(c2ccc(NC(=O)Nc3cccc(Cl)c3Cl)cc2C(=O)NCCN2CCOCC2)CC1. The Labute approximate surface area is 261 Å². The van der Waals surface area contributed by atoms with E-state index in [-0.39, 0.29) is 10.9 Å². The largest absolute Gasteiger partial charge is 0.495 e. The maximum absolute atomic E-state index is 13.6. The highest BCUT2D eigenvalue weighted by Crippen LogP contribution is 2.32. The van der Waals surface area contributed by atoms with Crippen LogP contribution in [0, 0.1) is 0 Å². The minimum absolute atomic E-state index is 0.197. The van der Waals surface area contributed by atoms with Crippen molar-refractivity contribution in [2.75, 3.05) is 93.1 Å². The van der Waals surface area contributed by atoms with Crippen LogP contribution in [0.1, 0.15) is 10.4 Å². The van der Waals surface area contributed by atoms with Crippen LogP contribution in [-0.4, -0.2) is 89.5 Å². The zero-order valence-electron chi connectivity index (χ0n) is 24.1. The molecule has 0 spiro atoms. The number of ether oxygens (including phenoxy) is 2. The van der Waals surface area contributed by atoms with Crippen molar-refractivity contribution in [3.8, 4) is 5.75 Å². The van der Waals surface area contributed by atoms with E-state index < -0.39 is 6.03 Å². The van der Waals surface area contributed by atoms with Crippen LogP contribution in [-0.2, 0) is 4.74 Å². The van der Waals surface area contributed by atoms with Crippen molar-refractivity contribution in [2.24, 2.45) is 0 Å². The van der Waals surface area contributed by atoms with Gasteiger partial charge in [-0.3, -0.25) is 9.69 Å². The molecule has 2 aliphatic rings. The fourth-order valence-electron chi connectivity index (χ4n) is 5.28. The number of carbonyl (C=O) groups is 2. The lowest BCUT2D eigenvalue weighted by atomic mass is 10.1. The monoisotopic (exact) mass is 626 g/mol.